The van der Waals surface area contributed by atoms with Crippen molar-refractivity contribution in [3.05, 3.63) is 29.8 Å². The standard InChI is InChI=1S/C11H15N5O/c1-4-16-11(12-8(2)14-16)13-10(17)9-6-5-7-15(9)3/h5-7H,4H2,1-3H3,(H,12,13,14,17). The van der Waals surface area contributed by atoms with Gasteiger partial charge in [-0.1, -0.05) is 0 Å². The Kier molecular flexibility index (Phi) is 2.95. The fourth-order valence-corrected chi connectivity index (χ4v) is 1.63. The molecule has 0 aromatic carbocycles. The molecule has 2 aromatic heterocycles. The van der Waals surface area contributed by atoms with E-state index in [-0.39, 0.29) is 5.91 Å². The van der Waals surface area contributed by atoms with Crippen LogP contribution in [0.25, 0.3) is 0 Å². The van der Waals surface area contributed by atoms with Gasteiger partial charge in [-0.3, -0.25) is 10.1 Å². The molecule has 0 saturated heterocycles. The predicted octanol–water partition coefficient (Wildman–Crippen LogP) is 1.20. The van der Waals surface area contributed by atoms with Crippen LogP contribution >= 0.6 is 0 Å². The molecule has 0 unspecified atom stereocenters. The highest BCUT2D eigenvalue weighted by molar-refractivity contribution is 6.02. The number of hydrogen-bond donors (Lipinski definition) is 1. The molecule has 0 saturated carbocycles. The third kappa shape index (κ3) is 2.20. The van der Waals surface area contributed by atoms with Crippen molar-refractivity contribution in [2.75, 3.05) is 5.32 Å². The van der Waals surface area contributed by atoms with Gasteiger partial charge in [0.05, 0.1) is 0 Å². The second kappa shape index (κ2) is 4.40. The molecule has 0 aliphatic rings. The van der Waals surface area contributed by atoms with E-state index in [1.165, 1.54) is 0 Å². The molecule has 6 nitrogen and oxygen atoms in total. The quantitative estimate of drug-likeness (QED) is 0.866. The van der Waals surface area contributed by atoms with Gasteiger partial charge in [-0.25, -0.2) is 4.68 Å². The second-order valence-electron chi connectivity index (χ2n) is 3.76. The number of amides is 1. The molecular formula is C11H15N5O. The van der Waals surface area contributed by atoms with Crippen molar-refractivity contribution in [3.8, 4) is 0 Å². The average Bonchev–Trinajstić information content (AvgIpc) is 2.84. The zero-order valence-electron chi connectivity index (χ0n) is 10.1. The summed E-state index contributed by atoms with van der Waals surface area (Å²) >= 11 is 0. The summed E-state index contributed by atoms with van der Waals surface area (Å²) in [7, 11) is 1.82. The van der Waals surface area contributed by atoms with Gasteiger partial charge < -0.3 is 4.57 Å². The number of carbonyl (C=O) groups is 1. The number of aromatic nitrogens is 4. The molecule has 2 rings (SSSR count). The molecule has 6 heteroatoms. The lowest BCUT2D eigenvalue weighted by atomic mass is 10.4. The first-order valence-corrected chi connectivity index (χ1v) is 5.46. The number of carbonyl (C=O) groups excluding carboxylic acids is 1. The number of anilines is 1. The lowest BCUT2D eigenvalue weighted by Crippen LogP contribution is -2.18. The number of rotatable bonds is 3. The van der Waals surface area contributed by atoms with Gasteiger partial charge in [0.15, 0.2) is 0 Å². The predicted molar refractivity (Wildman–Crippen MR) is 63.8 cm³/mol. The lowest BCUT2D eigenvalue weighted by Gasteiger charge is -2.05. The van der Waals surface area contributed by atoms with E-state index in [4.69, 9.17) is 0 Å². The highest BCUT2D eigenvalue weighted by Crippen LogP contribution is 2.07. The Morgan fingerprint density at radius 2 is 2.29 bits per heavy atom. The Hall–Kier alpha value is -2.11. The Morgan fingerprint density at radius 3 is 2.88 bits per heavy atom. The summed E-state index contributed by atoms with van der Waals surface area (Å²) in [6.07, 6.45) is 1.82. The summed E-state index contributed by atoms with van der Waals surface area (Å²) in [5.74, 6) is 0.949. The van der Waals surface area contributed by atoms with E-state index in [9.17, 15) is 4.79 Å². The van der Waals surface area contributed by atoms with E-state index in [0.717, 1.165) is 0 Å². The largest absolute Gasteiger partial charge is 0.347 e. The van der Waals surface area contributed by atoms with Crippen molar-refractivity contribution in [1.29, 1.82) is 0 Å². The first-order chi connectivity index (χ1) is 8.11. The van der Waals surface area contributed by atoms with Crippen LogP contribution in [-0.2, 0) is 13.6 Å². The van der Waals surface area contributed by atoms with Crippen molar-refractivity contribution in [2.24, 2.45) is 7.05 Å². The zero-order valence-corrected chi connectivity index (χ0v) is 10.1. The van der Waals surface area contributed by atoms with Crippen LogP contribution in [0.1, 0.15) is 23.2 Å². The topological polar surface area (TPSA) is 64.7 Å². The van der Waals surface area contributed by atoms with Crippen LogP contribution in [0.15, 0.2) is 18.3 Å². The van der Waals surface area contributed by atoms with Crippen molar-refractivity contribution >= 4 is 11.9 Å². The summed E-state index contributed by atoms with van der Waals surface area (Å²) in [6, 6.07) is 3.58. The summed E-state index contributed by atoms with van der Waals surface area (Å²) in [5.41, 5.74) is 0.591. The molecule has 1 N–H and O–H groups in total. The number of hydrogen-bond acceptors (Lipinski definition) is 3. The van der Waals surface area contributed by atoms with Crippen molar-refractivity contribution in [1.82, 2.24) is 19.3 Å². The zero-order chi connectivity index (χ0) is 12.4. The first-order valence-electron chi connectivity index (χ1n) is 5.46. The van der Waals surface area contributed by atoms with E-state index in [1.54, 1.807) is 22.2 Å². The third-order valence-electron chi connectivity index (χ3n) is 2.48. The minimum atomic E-state index is -0.181. The van der Waals surface area contributed by atoms with Gasteiger partial charge >= 0.3 is 0 Å². The monoisotopic (exact) mass is 233 g/mol. The van der Waals surface area contributed by atoms with Gasteiger partial charge in [0.25, 0.3) is 5.91 Å². The van der Waals surface area contributed by atoms with Crippen LogP contribution in [0.5, 0.6) is 0 Å². The Labute approximate surface area is 99.3 Å². The van der Waals surface area contributed by atoms with Gasteiger partial charge in [0, 0.05) is 19.8 Å². The molecule has 90 valence electrons. The normalized spacial score (nSPS) is 10.5. The molecule has 1 amide bonds. The van der Waals surface area contributed by atoms with Crippen molar-refractivity contribution in [3.63, 3.8) is 0 Å². The fourth-order valence-electron chi connectivity index (χ4n) is 1.63. The smallest absolute Gasteiger partial charge is 0.274 e. The Morgan fingerprint density at radius 1 is 1.53 bits per heavy atom. The number of aryl methyl sites for hydroxylation is 3. The van der Waals surface area contributed by atoms with Gasteiger partial charge in [-0.2, -0.15) is 10.1 Å². The van der Waals surface area contributed by atoms with Crippen LogP contribution in [-0.4, -0.2) is 25.2 Å². The molecule has 0 aliphatic heterocycles. The second-order valence-corrected chi connectivity index (χ2v) is 3.76. The highest BCUT2D eigenvalue weighted by Gasteiger charge is 2.13. The van der Waals surface area contributed by atoms with Gasteiger partial charge in [-0.15, -0.1) is 0 Å². The van der Waals surface area contributed by atoms with Crippen molar-refractivity contribution < 1.29 is 4.79 Å². The fraction of sp³-hybridized carbons (Fsp3) is 0.364. The summed E-state index contributed by atoms with van der Waals surface area (Å²) in [4.78, 5) is 16.1. The number of nitrogens with one attached hydrogen (secondary N) is 1. The summed E-state index contributed by atoms with van der Waals surface area (Å²) in [5, 5.41) is 6.93. The van der Waals surface area contributed by atoms with E-state index < -0.39 is 0 Å². The molecule has 0 bridgehead atoms. The van der Waals surface area contributed by atoms with Crippen LogP contribution in [0.3, 0.4) is 0 Å². The molecular weight excluding hydrogens is 218 g/mol. The summed E-state index contributed by atoms with van der Waals surface area (Å²) < 4.78 is 3.42. The van der Waals surface area contributed by atoms with Crippen LogP contribution < -0.4 is 5.32 Å². The van der Waals surface area contributed by atoms with E-state index in [2.05, 4.69) is 15.4 Å². The molecule has 0 spiro atoms. The van der Waals surface area contributed by atoms with E-state index in [0.29, 0.717) is 24.0 Å². The van der Waals surface area contributed by atoms with Gasteiger partial charge in [-0.05, 0) is 26.0 Å². The van der Waals surface area contributed by atoms with E-state index in [1.807, 2.05) is 26.2 Å². The Balaban J connectivity index is 2.21. The molecule has 0 aliphatic carbocycles. The number of nitrogens with zero attached hydrogens (tertiary/aromatic N) is 4. The molecule has 0 fully saturated rings. The molecule has 2 aromatic rings. The van der Waals surface area contributed by atoms with Gasteiger partial charge in [0.2, 0.25) is 5.95 Å². The van der Waals surface area contributed by atoms with Crippen molar-refractivity contribution in [2.45, 2.75) is 20.4 Å². The Bertz CT molecular complexity index is 540. The average molecular weight is 233 g/mol. The first kappa shape index (κ1) is 11.4. The third-order valence-corrected chi connectivity index (χ3v) is 2.48. The molecule has 0 radical (unpaired) electrons. The SMILES string of the molecule is CCn1nc(C)nc1NC(=O)c1cccn1C. The maximum Gasteiger partial charge on any atom is 0.274 e. The van der Waals surface area contributed by atoms with E-state index >= 15 is 0 Å². The molecule has 17 heavy (non-hydrogen) atoms. The minimum Gasteiger partial charge on any atom is -0.347 e. The van der Waals surface area contributed by atoms with Crippen LogP contribution in [0.4, 0.5) is 5.95 Å². The summed E-state index contributed by atoms with van der Waals surface area (Å²) in [6.45, 7) is 4.42. The van der Waals surface area contributed by atoms with Crippen LogP contribution in [0, 0.1) is 6.92 Å². The van der Waals surface area contributed by atoms with Crippen LogP contribution in [0.2, 0.25) is 0 Å². The molecule has 2 heterocycles. The maximum absolute atomic E-state index is 12.0. The highest BCUT2D eigenvalue weighted by atomic mass is 16.2. The minimum absolute atomic E-state index is 0.181. The lowest BCUT2D eigenvalue weighted by molar-refractivity contribution is 0.101. The van der Waals surface area contributed by atoms with Gasteiger partial charge in [0.1, 0.15) is 11.5 Å². The molecule has 0 atom stereocenters. The maximum atomic E-state index is 12.0.